The summed E-state index contributed by atoms with van der Waals surface area (Å²) in [6.45, 7) is 5.81. The van der Waals surface area contributed by atoms with Crippen LogP contribution in [0.25, 0.3) is 16.7 Å². The van der Waals surface area contributed by atoms with Crippen molar-refractivity contribution >= 4 is 17.0 Å². The van der Waals surface area contributed by atoms with Gasteiger partial charge in [0.1, 0.15) is 11.4 Å². The van der Waals surface area contributed by atoms with Gasteiger partial charge >= 0.3 is 5.97 Å². The molecule has 0 radical (unpaired) electrons. The lowest BCUT2D eigenvalue weighted by atomic mass is 10.1. The number of carbonyl (C=O) groups excluding carboxylic acids is 1. The second-order valence-corrected chi connectivity index (χ2v) is 5.40. The normalized spacial score (nSPS) is 10.8. The third-order valence-electron chi connectivity index (χ3n) is 3.75. The Balaban J connectivity index is 2.31. The van der Waals surface area contributed by atoms with Crippen molar-refractivity contribution in [1.29, 1.82) is 0 Å². The van der Waals surface area contributed by atoms with Crippen LogP contribution in [0.15, 0.2) is 30.3 Å². The first-order valence-corrected chi connectivity index (χ1v) is 7.74. The molecule has 2 aromatic heterocycles. The first kappa shape index (κ1) is 16.0. The first-order chi connectivity index (χ1) is 11.6. The Kier molecular flexibility index (Phi) is 4.20. The second kappa shape index (κ2) is 6.31. The number of ether oxygens (including phenoxy) is 2. The van der Waals surface area contributed by atoms with Gasteiger partial charge in [-0.25, -0.2) is 14.5 Å². The van der Waals surface area contributed by atoms with E-state index >= 15 is 0 Å². The van der Waals surface area contributed by atoms with Crippen molar-refractivity contribution in [2.45, 2.75) is 20.8 Å². The highest BCUT2D eigenvalue weighted by atomic mass is 16.5. The molecule has 0 amide bonds. The summed E-state index contributed by atoms with van der Waals surface area (Å²) in [5.74, 6) is 0.318. The van der Waals surface area contributed by atoms with E-state index in [0.717, 1.165) is 11.4 Å². The fourth-order valence-electron chi connectivity index (χ4n) is 2.76. The van der Waals surface area contributed by atoms with Crippen LogP contribution >= 0.6 is 0 Å². The standard InChI is InChI=1S/C18H19N3O3/c1-5-24-18(22)13-10-11(2)19-17-16(13)12(3)20-21(17)14-8-6-7-9-15(14)23-4/h6-10H,5H2,1-4H3. The van der Waals surface area contributed by atoms with Crippen LogP contribution in [-0.4, -0.2) is 34.5 Å². The van der Waals surface area contributed by atoms with Gasteiger partial charge in [-0.15, -0.1) is 0 Å². The number of fused-ring (bicyclic) bond motifs is 1. The molecule has 124 valence electrons. The molecule has 6 heteroatoms. The molecule has 0 saturated heterocycles. The molecule has 6 nitrogen and oxygen atoms in total. The van der Waals surface area contributed by atoms with E-state index in [1.54, 1.807) is 24.8 Å². The predicted molar refractivity (Wildman–Crippen MR) is 90.8 cm³/mol. The van der Waals surface area contributed by atoms with Crippen molar-refractivity contribution in [3.8, 4) is 11.4 Å². The van der Waals surface area contributed by atoms with Crippen molar-refractivity contribution in [2.75, 3.05) is 13.7 Å². The fraction of sp³-hybridized carbons (Fsp3) is 0.278. The minimum Gasteiger partial charge on any atom is -0.494 e. The number of hydrogen-bond donors (Lipinski definition) is 0. The molecule has 24 heavy (non-hydrogen) atoms. The van der Waals surface area contributed by atoms with Crippen molar-refractivity contribution in [3.05, 3.63) is 47.3 Å². The Bertz CT molecular complexity index is 915. The van der Waals surface area contributed by atoms with Crippen LogP contribution in [0, 0.1) is 13.8 Å². The molecule has 0 aliphatic carbocycles. The van der Waals surface area contributed by atoms with E-state index in [9.17, 15) is 4.79 Å². The van der Waals surface area contributed by atoms with Crippen LogP contribution in [0.2, 0.25) is 0 Å². The largest absolute Gasteiger partial charge is 0.494 e. The van der Waals surface area contributed by atoms with Gasteiger partial charge in [-0.2, -0.15) is 5.10 Å². The predicted octanol–water partition coefficient (Wildman–Crippen LogP) is 3.22. The number of rotatable bonds is 4. The summed E-state index contributed by atoms with van der Waals surface area (Å²) in [5.41, 5.74) is 3.30. The average molecular weight is 325 g/mol. The van der Waals surface area contributed by atoms with Crippen molar-refractivity contribution < 1.29 is 14.3 Å². The quantitative estimate of drug-likeness (QED) is 0.689. The Hall–Kier alpha value is -2.89. The second-order valence-electron chi connectivity index (χ2n) is 5.40. The minimum absolute atomic E-state index is 0.321. The minimum atomic E-state index is -0.365. The van der Waals surface area contributed by atoms with Gasteiger partial charge in [-0.05, 0) is 39.0 Å². The number of aromatic nitrogens is 3. The maximum atomic E-state index is 12.3. The summed E-state index contributed by atoms with van der Waals surface area (Å²) in [6, 6.07) is 9.30. The number of carbonyl (C=O) groups is 1. The lowest BCUT2D eigenvalue weighted by molar-refractivity contribution is 0.0528. The van der Waals surface area contributed by atoms with Crippen LogP contribution in [0.3, 0.4) is 0 Å². The van der Waals surface area contributed by atoms with Crippen LogP contribution in [0.1, 0.15) is 28.7 Å². The summed E-state index contributed by atoms with van der Waals surface area (Å²) >= 11 is 0. The van der Waals surface area contributed by atoms with Gasteiger partial charge < -0.3 is 9.47 Å². The van der Waals surface area contributed by atoms with Gasteiger partial charge in [0.2, 0.25) is 0 Å². The Morgan fingerprint density at radius 3 is 2.71 bits per heavy atom. The molecule has 1 aromatic carbocycles. The number of nitrogens with zero attached hydrogens (tertiary/aromatic N) is 3. The molecule has 0 atom stereocenters. The summed E-state index contributed by atoms with van der Waals surface area (Å²) in [6.07, 6.45) is 0. The van der Waals surface area contributed by atoms with E-state index < -0.39 is 0 Å². The van der Waals surface area contributed by atoms with Crippen molar-refractivity contribution in [1.82, 2.24) is 14.8 Å². The summed E-state index contributed by atoms with van der Waals surface area (Å²) in [5, 5.41) is 5.28. The van der Waals surface area contributed by atoms with Gasteiger partial charge in [0.25, 0.3) is 0 Å². The molecule has 0 saturated carbocycles. The van der Waals surface area contributed by atoms with Gasteiger partial charge in [0.15, 0.2) is 5.65 Å². The van der Waals surface area contributed by atoms with Crippen LogP contribution < -0.4 is 4.74 Å². The zero-order valence-corrected chi connectivity index (χ0v) is 14.2. The van der Waals surface area contributed by atoms with E-state index in [1.807, 2.05) is 38.1 Å². The molecule has 0 spiro atoms. The molecule has 2 heterocycles. The van der Waals surface area contributed by atoms with E-state index in [2.05, 4.69) is 10.1 Å². The van der Waals surface area contributed by atoms with Crippen molar-refractivity contribution in [2.24, 2.45) is 0 Å². The number of esters is 1. The third-order valence-corrected chi connectivity index (χ3v) is 3.75. The number of benzene rings is 1. The number of para-hydroxylation sites is 2. The Labute approximate surface area is 140 Å². The number of methoxy groups -OCH3 is 1. The molecule has 0 bridgehead atoms. The molecule has 3 rings (SSSR count). The average Bonchev–Trinajstić information content (AvgIpc) is 2.90. The smallest absolute Gasteiger partial charge is 0.339 e. The van der Waals surface area contributed by atoms with Gasteiger partial charge in [-0.1, -0.05) is 12.1 Å². The number of aryl methyl sites for hydroxylation is 2. The molecular formula is C18H19N3O3. The maximum Gasteiger partial charge on any atom is 0.339 e. The Morgan fingerprint density at radius 2 is 2.00 bits per heavy atom. The van der Waals surface area contributed by atoms with Gasteiger partial charge in [0.05, 0.1) is 30.4 Å². The molecular weight excluding hydrogens is 306 g/mol. The number of hydrogen-bond acceptors (Lipinski definition) is 5. The SMILES string of the molecule is CCOC(=O)c1cc(C)nc2c1c(C)nn2-c1ccccc1OC. The van der Waals surface area contributed by atoms with Crippen LogP contribution in [0.4, 0.5) is 0 Å². The van der Waals surface area contributed by atoms with E-state index in [4.69, 9.17) is 9.47 Å². The summed E-state index contributed by atoms with van der Waals surface area (Å²) < 4.78 is 12.3. The zero-order chi connectivity index (χ0) is 17.3. The Morgan fingerprint density at radius 1 is 1.25 bits per heavy atom. The summed E-state index contributed by atoms with van der Waals surface area (Å²) in [4.78, 5) is 16.9. The highest BCUT2D eigenvalue weighted by Crippen LogP contribution is 2.29. The molecule has 0 aliphatic rings. The molecule has 0 N–H and O–H groups in total. The number of pyridine rings is 1. The van der Waals surface area contributed by atoms with E-state index in [-0.39, 0.29) is 5.97 Å². The van der Waals surface area contributed by atoms with Crippen molar-refractivity contribution in [3.63, 3.8) is 0 Å². The molecule has 3 aromatic rings. The zero-order valence-electron chi connectivity index (χ0n) is 14.2. The topological polar surface area (TPSA) is 66.2 Å². The van der Waals surface area contributed by atoms with Gasteiger partial charge in [-0.3, -0.25) is 0 Å². The molecule has 0 fully saturated rings. The van der Waals surface area contributed by atoms with Gasteiger partial charge in [0, 0.05) is 5.69 Å². The molecule has 0 unspecified atom stereocenters. The lowest BCUT2D eigenvalue weighted by Gasteiger charge is -2.09. The highest BCUT2D eigenvalue weighted by molar-refractivity contribution is 6.04. The van der Waals surface area contributed by atoms with E-state index in [0.29, 0.717) is 34.6 Å². The first-order valence-electron chi connectivity index (χ1n) is 7.74. The van der Waals surface area contributed by atoms with Crippen LogP contribution in [-0.2, 0) is 4.74 Å². The molecule has 0 aliphatic heterocycles. The monoisotopic (exact) mass is 325 g/mol. The maximum absolute atomic E-state index is 12.3. The van der Waals surface area contributed by atoms with E-state index in [1.165, 1.54) is 0 Å². The summed E-state index contributed by atoms with van der Waals surface area (Å²) in [7, 11) is 1.61. The highest BCUT2D eigenvalue weighted by Gasteiger charge is 2.21. The lowest BCUT2D eigenvalue weighted by Crippen LogP contribution is -2.07. The van der Waals surface area contributed by atoms with Crippen LogP contribution in [0.5, 0.6) is 5.75 Å². The third kappa shape index (κ3) is 2.60. The fourth-order valence-corrected chi connectivity index (χ4v) is 2.76.